The van der Waals surface area contributed by atoms with Gasteiger partial charge < -0.3 is 9.84 Å². The van der Waals surface area contributed by atoms with E-state index in [1.54, 1.807) is 0 Å². The van der Waals surface area contributed by atoms with Crippen molar-refractivity contribution in [2.75, 3.05) is 6.61 Å². The first-order valence-corrected chi connectivity index (χ1v) is 5.45. The van der Waals surface area contributed by atoms with Gasteiger partial charge in [-0.3, -0.25) is 0 Å². The van der Waals surface area contributed by atoms with Gasteiger partial charge >= 0.3 is 0 Å². The summed E-state index contributed by atoms with van der Waals surface area (Å²) < 4.78 is 5.34. The summed E-state index contributed by atoms with van der Waals surface area (Å²) in [6.45, 7) is 6.07. The molecule has 1 aromatic rings. The zero-order valence-electron chi connectivity index (χ0n) is 9.33. The highest BCUT2D eigenvalue weighted by Crippen LogP contribution is 2.26. The number of ether oxygens (including phenoxy) is 1. The van der Waals surface area contributed by atoms with Crippen molar-refractivity contribution in [3.05, 3.63) is 34.3 Å². The molecular formula is C12H17ClO2. The van der Waals surface area contributed by atoms with Crippen molar-refractivity contribution in [1.29, 1.82) is 0 Å². The number of benzene rings is 1. The van der Waals surface area contributed by atoms with E-state index in [2.05, 4.69) is 0 Å². The van der Waals surface area contributed by atoms with Gasteiger partial charge in [-0.1, -0.05) is 29.8 Å². The van der Waals surface area contributed by atoms with Crippen molar-refractivity contribution in [1.82, 2.24) is 0 Å². The maximum atomic E-state index is 9.87. The molecule has 3 heteroatoms. The molecule has 1 rings (SSSR count). The molecule has 0 aliphatic heterocycles. The lowest BCUT2D eigenvalue weighted by Crippen LogP contribution is -2.12. The Morgan fingerprint density at radius 2 is 2.07 bits per heavy atom. The number of halogens is 1. The summed E-state index contributed by atoms with van der Waals surface area (Å²) in [6, 6.07) is 5.63. The number of aliphatic hydroxyl groups is 1. The van der Waals surface area contributed by atoms with Crippen LogP contribution in [0.3, 0.4) is 0 Å². The van der Waals surface area contributed by atoms with Crippen LogP contribution < -0.4 is 0 Å². The molecule has 1 aromatic carbocycles. The van der Waals surface area contributed by atoms with Crippen LogP contribution in [0.1, 0.15) is 31.1 Å². The number of hydrogen-bond donors (Lipinski definition) is 1. The third-order valence-electron chi connectivity index (χ3n) is 2.17. The quantitative estimate of drug-likeness (QED) is 0.858. The molecule has 0 heterocycles. The first kappa shape index (κ1) is 12.5. The van der Waals surface area contributed by atoms with Crippen LogP contribution in [-0.2, 0) is 4.74 Å². The maximum Gasteiger partial charge on any atom is 0.104 e. The molecule has 0 aliphatic rings. The molecule has 0 spiro atoms. The highest BCUT2D eigenvalue weighted by Gasteiger charge is 2.13. The molecule has 1 atom stereocenters. The lowest BCUT2D eigenvalue weighted by atomic mass is 10.1. The second-order valence-electron chi connectivity index (χ2n) is 3.88. The fourth-order valence-electron chi connectivity index (χ4n) is 1.30. The zero-order chi connectivity index (χ0) is 11.4. The Labute approximate surface area is 95.8 Å². The summed E-state index contributed by atoms with van der Waals surface area (Å²) in [6.07, 6.45) is -0.539. The Kier molecular flexibility index (Phi) is 4.58. The zero-order valence-corrected chi connectivity index (χ0v) is 10.1. The van der Waals surface area contributed by atoms with Gasteiger partial charge in [-0.05, 0) is 26.3 Å². The highest BCUT2D eigenvalue weighted by molar-refractivity contribution is 6.32. The molecule has 0 bridgehead atoms. The van der Waals surface area contributed by atoms with Crippen molar-refractivity contribution < 1.29 is 9.84 Å². The van der Waals surface area contributed by atoms with Crippen LogP contribution in [0.4, 0.5) is 0 Å². The average Bonchev–Trinajstić information content (AvgIpc) is 2.18. The minimum absolute atomic E-state index is 0.114. The van der Waals surface area contributed by atoms with Gasteiger partial charge in [0.15, 0.2) is 0 Å². The molecule has 0 saturated heterocycles. The van der Waals surface area contributed by atoms with Crippen LogP contribution in [0.5, 0.6) is 0 Å². The van der Waals surface area contributed by atoms with Crippen LogP contribution in [0.15, 0.2) is 18.2 Å². The van der Waals surface area contributed by atoms with E-state index in [4.69, 9.17) is 16.3 Å². The van der Waals surface area contributed by atoms with Crippen molar-refractivity contribution in [3.63, 3.8) is 0 Å². The minimum Gasteiger partial charge on any atom is -0.386 e. The standard InChI is InChI=1S/C12H17ClO2/c1-8(2)15-7-11(14)10-6-4-5-9(3)12(10)13/h4-6,8,11,14H,7H2,1-3H3. The lowest BCUT2D eigenvalue weighted by molar-refractivity contribution is 0.00495. The normalized spacial score (nSPS) is 13.2. The molecule has 2 nitrogen and oxygen atoms in total. The summed E-state index contributed by atoms with van der Waals surface area (Å²) in [5.41, 5.74) is 1.70. The van der Waals surface area contributed by atoms with Crippen LogP contribution in [-0.4, -0.2) is 17.8 Å². The molecule has 15 heavy (non-hydrogen) atoms. The van der Waals surface area contributed by atoms with Gasteiger partial charge in [0.1, 0.15) is 6.10 Å². The van der Waals surface area contributed by atoms with Crippen LogP contribution >= 0.6 is 11.6 Å². The Morgan fingerprint density at radius 3 is 2.67 bits per heavy atom. The third-order valence-corrected chi connectivity index (χ3v) is 2.68. The first-order valence-electron chi connectivity index (χ1n) is 5.07. The van der Waals surface area contributed by atoms with Crippen LogP contribution in [0, 0.1) is 6.92 Å². The van der Waals surface area contributed by atoms with Crippen molar-refractivity contribution in [3.8, 4) is 0 Å². The van der Waals surface area contributed by atoms with E-state index in [1.807, 2.05) is 39.0 Å². The van der Waals surface area contributed by atoms with Gasteiger partial charge in [-0.15, -0.1) is 0 Å². The molecule has 84 valence electrons. The molecular weight excluding hydrogens is 212 g/mol. The van der Waals surface area contributed by atoms with E-state index in [0.717, 1.165) is 11.1 Å². The Hall–Kier alpha value is -0.570. The fraction of sp³-hybridized carbons (Fsp3) is 0.500. The minimum atomic E-state index is -0.653. The summed E-state index contributed by atoms with van der Waals surface area (Å²) in [5.74, 6) is 0. The van der Waals surface area contributed by atoms with Gasteiger partial charge in [-0.25, -0.2) is 0 Å². The van der Waals surface area contributed by atoms with Gasteiger partial charge in [0, 0.05) is 10.6 Å². The SMILES string of the molecule is Cc1cccc(C(O)COC(C)C)c1Cl. The van der Waals surface area contributed by atoms with E-state index < -0.39 is 6.10 Å². The van der Waals surface area contributed by atoms with Crippen molar-refractivity contribution in [2.24, 2.45) is 0 Å². The molecule has 0 amide bonds. The second kappa shape index (κ2) is 5.50. The second-order valence-corrected chi connectivity index (χ2v) is 4.25. The summed E-state index contributed by atoms with van der Waals surface area (Å²) in [7, 11) is 0. The maximum absolute atomic E-state index is 9.87. The number of hydrogen-bond acceptors (Lipinski definition) is 2. The predicted molar refractivity (Wildman–Crippen MR) is 62.2 cm³/mol. The highest BCUT2D eigenvalue weighted by atomic mass is 35.5. The molecule has 0 fully saturated rings. The molecule has 0 aliphatic carbocycles. The van der Waals surface area contributed by atoms with Crippen LogP contribution in [0.25, 0.3) is 0 Å². The summed E-state index contributed by atoms with van der Waals surface area (Å²) in [5, 5.41) is 10.5. The molecule has 1 N–H and O–H groups in total. The molecule has 0 aromatic heterocycles. The molecule has 0 saturated carbocycles. The van der Waals surface area contributed by atoms with Gasteiger partial charge in [0.25, 0.3) is 0 Å². The van der Waals surface area contributed by atoms with E-state index in [-0.39, 0.29) is 12.7 Å². The smallest absolute Gasteiger partial charge is 0.104 e. The summed E-state index contributed by atoms with van der Waals surface area (Å²) >= 11 is 6.09. The topological polar surface area (TPSA) is 29.5 Å². The number of aliphatic hydroxyl groups excluding tert-OH is 1. The van der Waals surface area contributed by atoms with E-state index in [0.29, 0.717) is 5.02 Å². The van der Waals surface area contributed by atoms with E-state index in [9.17, 15) is 5.11 Å². The van der Waals surface area contributed by atoms with Gasteiger partial charge in [-0.2, -0.15) is 0 Å². The lowest BCUT2D eigenvalue weighted by Gasteiger charge is -2.15. The number of rotatable bonds is 4. The van der Waals surface area contributed by atoms with Crippen LogP contribution in [0.2, 0.25) is 5.02 Å². The monoisotopic (exact) mass is 228 g/mol. The van der Waals surface area contributed by atoms with E-state index in [1.165, 1.54) is 0 Å². The Bertz CT molecular complexity index is 323. The molecule has 1 unspecified atom stereocenters. The first-order chi connectivity index (χ1) is 7.02. The van der Waals surface area contributed by atoms with Gasteiger partial charge in [0.2, 0.25) is 0 Å². The Balaban J connectivity index is 2.73. The average molecular weight is 229 g/mol. The number of aryl methyl sites for hydroxylation is 1. The molecule has 0 radical (unpaired) electrons. The third kappa shape index (κ3) is 3.49. The Morgan fingerprint density at radius 1 is 1.40 bits per heavy atom. The van der Waals surface area contributed by atoms with Crippen molar-refractivity contribution in [2.45, 2.75) is 33.0 Å². The summed E-state index contributed by atoms with van der Waals surface area (Å²) in [4.78, 5) is 0. The fourth-order valence-corrected chi connectivity index (χ4v) is 1.55. The van der Waals surface area contributed by atoms with Crippen molar-refractivity contribution >= 4 is 11.6 Å². The van der Waals surface area contributed by atoms with E-state index >= 15 is 0 Å². The van der Waals surface area contributed by atoms with Gasteiger partial charge in [0.05, 0.1) is 12.7 Å². The largest absolute Gasteiger partial charge is 0.386 e. The predicted octanol–water partition coefficient (Wildman–Crippen LogP) is 3.11.